The molecule has 0 heterocycles. The predicted molar refractivity (Wildman–Crippen MR) is 104 cm³/mol. The van der Waals surface area contributed by atoms with E-state index in [1.165, 1.54) is 43.5 Å². The monoisotopic (exact) mass is 427 g/mol. The lowest BCUT2D eigenvalue weighted by molar-refractivity contribution is -0.384. The first kappa shape index (κ1) is 21.8. The van der Waals surface area contributed by atoms with E-state index in [1.807, 2.05) is 0 Å². The molecule has 0 atom stereocenters. The molecule has 0 aliphatic rings. The molecular formula is C17H18ClN3O6S. The fourth-order valence-corrected chi connectivity index (χ4v) is 3.48. The number of halogens is 1. The lowest BCUT2D eigenvalue weighted by atomic mass is 10.2. The van der Waals surface area contributed by atoms with Crippen molar-refractivity contribution in [1.29, 1.82) is 0 Å². The second-order valence-electron chi connectivity index (χ2n) is 5.65. The topological polar surface area (TPSA) is 128 Å². The van der Waals surface area contributed by atoms with Gasteiger partial charge in [-0.25, -0.2) is 13.1 Å². The summed E-state index contributed by atoms with van der Waals surface area (Å²) < 4.78 is 31.6. The van der Waals surface area contributed by atoms with Crippen molar-refractivity contribution in [3.8, 4) is 0 Å². The van der Waals surface area contributed by atoms with E-state index in [0.29, 0.717) is 18.7 Å². The van der Waals surface area contributed by atoms with Gasteiger partial charge in [-0.1, -0.05) is 11.6 Å². The average Bonchev–Trinajstić information content (AvgIpc) is 2.66. The normalized spacial score (nSPS) is 11.2. The van der Waals surface area contributed by atoms with E-state index in [-0.39, 0.29) is 27.7 Å². The van der Waals surface area contributed by atoms with Crippen LogP contribution in [0.15, 0.2) is 47.4 Å². The summed E-state index contributed by atoms with van der Waals surface area (Å²) in [6.07, 6.45) is 0.539. The molecule has 2 rings (SSSR count). The number of nitro groups is 1. The van der Waals surface area contributed by atoms with E-state index in [1.54, 1.807) is 0 Å². The molecular weight excluding hydrogens is 410 g/mol. The van der Waals surface area contributed by atoms with Crippen molar-refractivity contribution < 1.29 is 22.9 Å². The molecule has 9 nitrogen and oxygen atoms in total. The summed E-state index contributed by atoms with van der Waals surface area (Å²) in [7, 11) is -2.13. The first-order valence-electron chi connectivity index (χ1n) is 8.08. The van der Waals surface area contributed by atoms with Crippen molar-refractivity contribution in [2.75, 3.05) is 25.6 Å². The summed E-state index contributed by atoms with van der Waals surface area (Å²) in [6.45, 7) is 0.681. The molecule has 0 spiro atoms. The Hall–Kier alpha value is -2.53. The summed E-state index contributed by atoms with van der Waals surface area (Å²) >= 11 is 5.73. The molecule has 0 unspecified atom stereocenters. The van der Waals surface area contributed by atoms with Gasteiger partial charge in [-0.2, -0.15) is 0 Å². The van der Waals surface area contributed by atoms with E-state index in [4.69, 9.17) is 16.3 Å². The van der Waals surface area contributed by atoms with Gasteiger partial charge in [-0.3, -0.25) is 14.9 Å². The second kappa shape index (κ2) is 9.60. The van der Waals surface area contributed by atoms with Crippen LogP contribution < -0.4 is 10.0 Å². The Bertz CT molecular complexity index is 963. The van der Waals surface area contributed by atoms with Gasteiger partial charge in [0.1, 0.15) is 5.02 Å². The number of hydrogen-bond acceptors (Lipinski definition) is 6. The number of carbonyl (C=O) groups excluding carboxylic acids is 1. The number of nitrogens with one attached hydrogen (secondary N) is 2. The van der Waals surface area contributed by atoms with E-state index in [0.717, 1.165) is 6.07 Å². The molecule has 0 aliphatic heterocycles. The van der Waals surface area contributed by atoms with Crippen molar-refractivity contribution in [2.24, 2.45) is 0 Å². The molecule has 0 bridgehead atoms. The number of hydrogen-bond donors (Lipinski definition) is 2. The zero-order valence-electron chi connectivity index (χ0n) is 14.8. The van der Waals surface area contributed by atoms with Gasteiger partial charge < -0.3 is 10.1 Å². The molecule has 1 amide bonds. The van der Waals surface area contributed by atoms with Crippen molar-refractivity contribution in [2.45, 2.75) is 11.3 Å². The number of carbonyl (C=O) groups is 1. The zero-order chi connectivity index (χ0) is 20.7. The van der Waals surface area contributed by atoms with Gasteiger partial charge in [0.2, 0.25) is 10.0 Å². The van der Waals surface area contributed by atoms with E-state index < -0.39 is 20.9 Å². The maximum Gasteiger partial charge on any atom is 0.288 e. The molecule has 11 heteroatoms. The second-order valence-corrected chi connectivity index (χ2v) is 7.82. The number of methoxy groups -OCH3 is 1. The number of nitro benzene ring substituents is 1. The van der Waals surface area contributed by atoms with Crippen molar-refractivity contribution in [1.82, 2.24) is 4.72 Å². The first-order chi connectivity index (χ1) is 13.2. The molecule has 150 valence electrons. The third-order valence-corrected chi connectivity index (χ3v) is 5.44. The van der Waals surface area contributed by atoms with Crippen LogP contribution in [0.1, 0.15) is 16.8 Å². The van der Waals surface area contributed by atoms with Gasteiger partial charge in [-0.15, -0.1) is 0 Å². The highest BCUT2D eigenvalue weighted by Crippen LogP contribution is 2.25. The van der Waals surface area contributed by atoms with Crippen LogP contribution in [-0.2, 0) is 14.8 Å². The van der Waals surface area contributed by atoms with Crippen LogP contribution in [0, 0.1) is 10.1 Å². The minimum Gasteiger partial charge on any atom is -0.385 e. The van der Waals surface area contributed by atoms with Gasteiger partial charge in [0.25, 0.3) is 11.6 Å². The molecule has 0 aromatic heterocycles. The Labute approximate surface area is 166 Å². The minimum absolute atomic E-state index is 0.0463. The van der Waals surface area contributed by atoms with Crippen molar-refractivity contribution in [3.05, 3.63) is 63.2 Å². The number of amides is 1. The van der Waals surface area contributed by atoms with Gasteiger partial charge in [0.15, 0.2) is 0 Å². The zero-order valence-corrected chi connectivity index (χ0v) is 16.4. The summed E-state index contributed by atoms with van der Waals surface area (Å²) in [5.41, 5.74) is 0.00356. The molecule has 0 saturated carbocycles. The third kappa shape index (κ3) is 5.73. The fourth-order valence-electron chi connectivity index (χ4n) is 2.22. The van der Waals surface area contributed by atoms with Crippen LogP contribution in [0.2, 0.25) is 5.02 Å². The maximum absolute atomic E-state index is 12.3. The van der Waals surface area contributed by atoms with Crippen LogP contribution in [0.25, 0.3) is 0 Å². The lowest BCUT2D eigenvalue weighted by Crippen LogP contribution is -2.25. The molecule has 0 radical (unpaired) electrons. The van der Waals surface area contributed by atoms with Crippen LogP contribution in [0.5, 0.6) is 0 Å². The Morgan fingerprint density at radius 1 is 1.21 bits per heavy atom. The smallest absolute Gasteiger partial charge is 0.288 e. The highest BCUT2D eigenvalue weighted by molar-refractivity contribution is 7.89. The molecule has 2 aromatic rings. The Morgan fingerprint density at radius 2 is 1.89 bits per heavy atom. The van der Waals surface area contributed by atoms with Crippen LogP contribution in [-0.4, -0.2) is 39.5 Å². The number of rotatable bonds is 9. The molecule has 28 heavy (non-hydrogen) atoms. The van der Waals surface area contributed by atoms with Crippen molar-refractivity contribution >= 4 is 38.9 Å². The summed E-state index contributed by atoms with van der Waals surface area (Å²) in [4.78, 5) is 22.5. The number of ether oxygens (including phenoxy) is 1. The third-order valence-electron chi connectivity index (χ3n) is 3.64. The minimum atomic E-state index is -3.67. The maximum atomic E-state index is 12.3. The van der Waals surface area contributed by atoms with Crippen LogP contribution in [0.3, 0.4) is 0 Å². The molecule has 2 N–H and O–H groups in total. The number of anilines is 1. The SMILES string of the molecule is COCCCNS(=O)(=O)c1ccc(NC(=O)c2ccc(Cl)c([N+](=O)[O-])c2)cc1. The molecule has 0 fully saturated rings. The average molecular weight is 428 g/mol. The van der Waals surface area contributed by atoms with Gasteiger partial charge in [-0.05, 0) is 42.8 Å². The number of benzene rings is 2. The highest BCUT2D eigenvalue weighted by atomic mass is 35.5. The predicted octanol–water partition coefficient (Wildman–Crippen LogP) is 2.82. The lowest BCUT2D eigenvalue weighted by Gasteiger charge is -2.09. The van der Waals surface area contributed by atoms with E-state index in [9.17, 15) is 23.3 Å². The van der Waals surface area contributed by atoms with E-state index in [2.05, 4.69) is 10.0 Å². The van der Waals surface area contributed by atoms with Gasteiger partial charge in [0.05, 0.1) is 9.82 Å². The first-order valence-corrected chi connectivity index (χ1v) is 9.94. The standard InChI is InChI=1S/C17H18ClN3O6S/c1-27-10-2-9-19-28(25,26)14-6-4-13(5-7-14)20-17(22)12-3-8-15(18)16(11-12)21(23)24/h3-8,11,19H,2,9-10H2,1H3,(H,20,22). The number of nitrogens with zero attached hydrogens (tertiary/aromatic N) is 1. The summed E-state index contributed by atoms with van der Waals surface area (Å²) in [5.74, 6) is -0.590. The molecule has 0 aliphatic carbocycles. The van der Waals surface area contributed by atoms with Gasteiger partial charge >= 0.3 is 0 Å². The van der Waals surface area contributed by atoms with Gasteiger partial charge in [0, 0.05) is 37.6 Å². The Kier molecular flexibility index (Phi) is 7.46. The molecule has 2 aromatic carbocycles. The Morgan fingerprint density at radius 3 is 2.50 bits per heavy atom. The Balaban J connectivity index is 2.07. The van der Waals surface area contributed by atoms with E-state index >= 15 is 0 Å². The van der Waals surface area contributed by atoms with Crippen molar-refractivity contribution in [3.63, 3.8) is 0 Å². The largest absolute Gasteiger partial charge is 0.385 e. The fraction of sp³-hybridized carbons (Fsp3) is 0.235. The number of sulfonamides is 1. The summed E-state index contributed by atoms with van der Waals surface area (Å²) in [5, 5.41) is 13.4. The van der Waals surface area contributed by atoms with Crippen LogP contribution in [0.4, 0.5) is 11.4 Å². The highest BCUT2D eigenvalue weighted by Gasteiger charge is 2.17. The summed E-state index contributed by atoms with van der Waals surface area (Å²) in [6, 6.07) is 9.22. The quantitative estimate of drug-likeness (QED) is 0.360. The molecule has 0 saturated heterocycles. The van der Waals surface area contributed by atoms with Crippen LogP contribution >= 0.6 is 11.6 Å².